The van der Waals surface area contributed by atoms with Crippen molar-refractivity contribution in [2.24, 2.45) is 0 Å². The average molecular weight is 460 g/mol. The minimum Gasteiger partial charge on any atom is -0.507 e. The molecule has 1 aliphatic heterocycles. The fourth-order valence-electron chi connectivity index (χ4n) is 3.36. The summed E-state index contributed by atoms with van der Waals surface area (Å²) < 4.78 is 5.18. The summed E-state index contributed by atoms with van der Waals surface area (Å²) in [7, 11) is 1.55. The second kappa shape index (κ2) is 8.14. The van der Waals surface area contributed by atoms with E-state index in [1.54, 1.807) is 37.4 Å². The third-order valence-corrected chi connectivity index (χ3v) is 6.46. The minimum atomic E-state index is -0.771. The summed E-state index contributed by atoms with van der Waals surface area (Å²) in [5.41, 5.74) is 0.819. The zero-order valence-electron chi connectivity index (χ0n) is 15.6. The van der Waals surface area contributed by atoms with Crippen LogP contribution in [-0.2, 0) is 9.59 Å². The molecule has 30 heavy (non-hydrogen) atoms. The van der Waals surface area contributed by atoms with Gasteiger partial charge in [0.15, 0.2) is 0 Å². The van der Waals surface area contributed by atoms with Crippen molar-refractivity contribution in [2.45, 2.75) is 6.04 Å². The molecule has 2 heterocycles. The molecule has 1 atom stereocenters. The van der Waals surface area contributed by atoms with Gasteiger partial charge in [-0.3, -0.25) is 14.5 Å². The Bertz CT molecular complexity index is 1160. The summed E-state index contributed by atoms with van der Waals surface area (Å²) in [6, 6.07) is 14.2. The Morgan fingerprint density at radius 2 is 1.80 bits per heavy atom. The third-order valence-electron chi connectivity index (χ3n) is 4.80. The Morgan fingerprint density at radius 3 is 2.40 bits per heavy atom. The van der Waals surface area contributed by atoms with Gasteiger partial charge in [0.2, 0.25) is 0 Å². The van der Waals surface area contributed by atoms with Crippen LogP contribution in [0.1, 0.15) is 16.5 Å². The molecule has 0 radical (unpaired) electrons. The van der Waals surface area contributed by atoms with Gasteiger partial charge in [-0.15, -0.1) is 11.3 Å². The first-order chi connectivity index (χ1) is 14.4. The van der Waals surface area contributed by atoms with E-state index >= 15 is 0 Å². The van der Waals surface area contributed by atoms with Crippen molar-refractivity contribution in [1.82, 2.24) is 0 Å². The summed E-state index contributed by atoms with van der Waals surface area (Å²) in [5, 5.41) is 13.4. The van der Waals surface area contributed by atoms with Gasteiger partial charge in [-0.2, -0.15) is 0 Å². The number of halogens is 2. The van der Waals surface area contributed by atoms with Crippen LogP contribution in [0.4, 0.5) is 5.69 Å². The number of ether oxygens (including phenoxy) is 1. The van der Waals surface area contributed by atoms with E-state index in [0.717, 1.165) is 4.88 Å². The monoisotopic (exact) mass is 459 g/mol. The van der Waals surface area contributed by atoms with Gasteiger partial charge in [-0.05, 0) is 53.9 Å². The predicted molar refractivity (Wildman–Crippen MR) is 119 cm³/mol. The number of benzene rings is 2. The number of aliphatic hydroxyl groups excluding tert-OH is 1. The maximum Gasteiger partial charge on any atom is 0.300 e. The molecule has 152 valence electrons. The molecule has 1 amide bonds. The minimum absolute atomic E-state index is 0.00310. The maximum absolute atomic E-state index is 13.0. The number of nitrogens with zero attached hydrogens (tertiary/aromatic N) is 1. The van der Waals surface area contributed by atoms with Crippen LogP contribution in [0.5, 0.6) is 5.75 Å². The highest BCUT2D eigenvalue weighted by molar-refractivity contribution is 7.10. The highest BCUT2D eigenvalue weighted by Gasteiger charge is 2.47. The van der Waals surface area contributed by atoms with Gasteiger partial charge in [-0.1, -0.05) is 29.3 Å². The zero-order valence-corrected chi connectivity index (χ0v) is 18.0. The van der Waals surface area contributed by atoms with Crippen LogP contribution in [0.3, 0.4) is 0 Å². The number of carbonyl (C=O) groups is 2. The van der Waals surface area contributed by atoms with E-state index in [0.29, 0.717) is 22.0 Å². The Labute approximate surface area is 186 Å². The van der Waals surface area contributed by atoms with Gasteiger partial charge in [0.25, 0.3) is 11.7 Å². The lowest BCUT2D eigenvalue weighted by Crippen LogP contribution is -2.29. The number of amides is 1. The predicted octanol–water partition coefficient (Wildman–Crippen LogP) is 5.69. The van der Waals surface area contributed by atoms with Crippen LogP contribution >= 0.6 is 34.5 Å². The highest BCUT2D eigenvalue weighted by atomic mass is 35.5. The third kappa shape index (κ3) is 3.47. The Kier molecular flexibility index (Phi) is 5.56. The van der Waals surface area contributed by atoms with E-state index in [1.807, 2.05) is 17.5 Å². The lowest BCUT2D eigenvalue weighted by atomic mass is 9.99. The summed E-state index contributed by atoms with van der Waals surface area (Å²) in [4.78, 5) is 28.1. The van der Waals surface area contributed by atoms with Gasteiger partial charge in [0.1, 0.15) is 17.6 Å². The largest absolute Gasteiger partial charge is 0.507 e. The first-order valence-electron chi connectivity index (χ1n) is 8.86. The van der Waals surface area contributed by atoms with Crippen molar-refractivity contribution in [1.29, 1.82) is 0 Å². The second-order valence-corrected chi connectivity index (χ2v) is 8.31. The van der Waals surface area contributed by atoms with Crippen molar-refractivity contribution in [3.63, 3.8) is 0 Å². The molecule has 1 aromatic heterocycles. The van der Waals surface area contributed by atoms with Crippen molar-refractivity contribution < 1.29 is 19.4 Å². The summed E-state index contributed by atoms with van der Waals surface area (Å²) in [6.45, 7) is 0. The van der Waals surface area contributed by atoms with Crippen LogP contribution in [0.2, 0.25) is 10.0 Å². The molecule has 1 aliphatic rings. The summed E-state index contributed by atoms with van der Waals surface area (Å²) in [5.74, 6) is -1.17. The van der Waals surface area contributed by atoms with Crippen LogP contribution in [0.15, 0.2) is 65.6 Å². The lowest BCUT2D eigenvalue weighted by molar-refractivity contribution is -0.132. The van der Waals surface area contributed by atoms with E-state index in [1.165, 1.54) is 28.4 Å². The number of rotatable bonds is 4. The van der Waals surface area contributed by atoms with Crippen molar-refractivity contribution in [3.8, 4) is 5.75 Å². The quantitative estimate of drug-likeness (QED) is 0.309. The SMILES string of the molecule is COc1ccc(N2C(=O)C(=O)/C(=C(\O)c3ccc(Cl)c(Cl)c3)C2c2cccs2)cc1. The van der Waals surface area contributed by atoms with E-state index in [4.69, 9.17) is 27.9 Å². The van der Waals surface area contributed by atoms with Crippen LogP contribution in [0, 0.1) is 0 Å². The Balaban J connectivity index is 1.90. The number of anilines is 1. The Hall–Kier alpha value is -2.80. The number of hydrogen-bond acceptors (Lipinski definition) is 5. The number of hydrogen-bond donors (Lipinski definition) is 1. The molecular formula is C22H15Cl2NO4S. The number of thiophene rings is 1. The van der Waals surface area contributed by atoms with Gasteiger partial charge in [0, 0.05) is 16.1 Å². The van der Waals surface area contributed by atoms with Crippen LogP contribution in [0.25, 0.3) is 5.76 Å². The fourth-order valence-corrected chi connectivity index (χ4v) is 4.48. The maximum atomic E-state index is 13.0. The topological polar surface area (TPSA) is 66.8 Å². The number of Topliss-reactive ketones (excluding diaryl/α,β-unsaturated/α-hetero) is 1. The van der Waals surface area contributed by atoms with E-state index in [9.17, 15) is 14.7 Å². The molecule has 3 aromatic rings. The zero-order chi connectivity index (χ0) is 21.4. The first-order valence-corrected chi connectivity index (χ1v) is 10.5. The van der Waals surface area contributed by atoms with Crippen molar-refractivity contribution in [2.75, 3.05) is 12.0 Å². The Morgan fingerprint density at radius 1 is 1.07 bits per heavy atom. The van der Waals surface area contributed by atoms with E-state index < -0.39 is 17.7 Å². The first kappa shape index (κ1) is 20.5. The molecule has 2 aromatic carbocycles. The number of carbonyl (C=O) groups excluding carboxylic acids is 2. The van der Waals surface area contributed by atoms with E-state index in [2.05, 4.69) is 0 Å². The highest BCUT2D eigenvalue weighted by Crippen LogP contribution is 2.44. The molecule has 5 nitrogen and oxygen atoms in total. The van der Waals surface area contributed by atoms with Crippen LogP contribution in [-0.4, -0.2) is 23.9 Å². The average Bonchev–Trinajstić information content (AvgIpc) is 3.37. The lowest BCUT2D eigenvalue weighted by Gasteiger charge is -2.24. The molecule has 4 rings (SSSR count). The molecule has 0 saturated carbocycles. The number of methoxy groups -OCH3 is 1. The van der Waals surface area contributed by atoms with Gasteiger partial charge >= 0.3 is 0 Å². The van der Waals surface area contributed by atoms with Gasteiger partial charge < -0.3 is 9.84 Å². The molecule has 1 fully saturated rings. The van der Waals surface area contributed by atoms with Gasteiger partial charge in [-0.25, -0.2) is 0 Å². The van der Waals surface area contributed by atoms with E-state index in [-0.39, 0.29) is 16.4 Å². The molecule has 8 heteroatoms. The van der Waals surface area contributed by atoms with Crippen LogP contribution < -0.4 is 9.64 Å². The smallest absolute Gasteiger partial charge is 0.300 e. The second-order valence-electron chi connectivity index (χ2n) is 6.51. The fraction of sp³-hybridized carbons (Fsp3) is 0.0909. The molecule has 1 unspecified atom stereocenters. The molecular weight excluding hydrogens is 445 g/mol. The molecule has 1 saturated heterocycles. The number of ketones is 1. The normalized spacial score (nSPS) is 18.1. The van der Waals surface area contributed by atoms with Crippen molar-refractivity contribution >= 4 is 57.7 Å². The van der Waals surface area contributed by atoms with Gasteiger partial charge in [0.05, 0.1) is 22.7 Å². The summed E-state index contributed by atoms with van der Waals surface area (Å²) in [6.07, 6.45) is 0. The molecule has 0 bridgehead atoms. The van der Waals surface area contributed by atoms with Crippen molar-refractivity contribution in [3.05, 3.63) is 86.0 Å². The number of aliphatic hydroxyl groups is 1. The molecule has 0 spiro atoms. The standard InChI is InChI=1S/C22H15Cl2NO4S/c1-29-14-7-5-13(6-8-14)25-19(17-3-2-10-30-17)18(21(27)22(25)28)20(26)12-4-9-15(23)16(24)11-12/h2-11,19,26H,1H3/b20-18-. The summed E-state index contributed by atoms with van der Waals surface area (Å²) >= 11 is 13.4. The molecule has 0 aliphatic carbocycles. The molecule has 1 N–H and O–H groups in total.